The molecular weight excluding hydrogens is 220 g/mol. The van der Waals surface area contributed by atoms with Gasteiger partial charge in [-0.25, -0.2) is 0 Å². The molecule has 0 spiro atoms. The van der Waals surface area contributed by atoms with Crippen LogP contribution in [0, 0.1) is 5.92 Å². The van der Waals surface area contributed by atoms with Crippen molar-refractivity contribution in [3.8, 4) is 0 Å². The molecule has 2 heterocycles. The first-order valence-electron chi connectivity index (χ1n) is 6.52. The van der Waals surface area contributed by atoms with Crippen LogP contribution in [0.4, 0.5) is 0 Å². The molecule has 4 atom stereocenters. The molecule has 1 unspecified atom stereocenters. The van der Waals surface area contributed by atoms with Gasteiger partial charge < -0.3 is 14.2 Å². The lowest BCUT2D eigenvalue weighted by Gasteiger charge is -2.40. The minimum Gasteiger partial charge on any atom is -0.457 e. The van der Waals surface area contributed by atoms with Crippen LogP contribution in [0.5, 0.6) is 0 Å². The van der Waals surface area contributed by atoms with Crippen molar-refractivity contribution in [3.63, 3.8) is 0 Å². The van der Waals surface area contributed by atoms with E-state index in [-0.39, 0.29) is 18.4 Å². The largest absolute Gasteiger partial charge is 0.457 e. The summed E-state index contributed by atoms with van der Waals surface area (Å²) in [7, 11) is 0. The van der Waals surface area contributed by atoms with E-state index in [1.54, 1.807) is 0 Å². The Hall–Kier alpha value is -0.610. The summed E-state index contributed by atoms with van der Waals surface area (Å²) in [6, 6.07) is 0. The van der Waals surface area contributed by atoms with Crippen LogP contribution in [0.2, 0.25) is 0 Å². The quantitative estimate of drug-likeness (QED) is 0.560. The summed E-state index contributed by atoms with van der Waals surface area (Å²) in [5.41, 5.74) is -0.463. The summed E-state index contributed by atoms with van der Waals surface area (Å²) in [6.45, 7) is 6.46. The van der Waals surface area contributed by atoms with E-state index >= 15 is 0 Å². The fraction of sp³-hybridized carbons (Fsp3) is 0.923. The van der Waals surface area contributed by atoms with Crippen LogP contribution in [0.25, 0.3) is 0 Å². The highest BCUT2D eigenvalue weighted by Crippen LogP contribution is 2.42. The Balaban J connectivity index is 2.04. The van der Waals surface area contributed by atoms with Gasteiger partial charge in [-0.05, 0) is 46.0 Å². The zero-order valence-corrected chi connectivity index (χ0v) is 10.9. The van der Waals surface area contributed by atoms with Crippen molar-refractivity contribution in [1.82, 2.24) is 0 Å². The van der Waals surface area contributed by atoms with Gasteiger partial charge in [-0.1, -0.05) is 0 Å². The van der Waals surface area contributed by atoms with Crippen LogP contribution >= 0.6 is 0 Å². The molecule has 0 radical (unpaired) electrons. The molecule has 3 rings (SSSR count). The Bertz CT molecular complexity index is 291. The fourth-order valence-electron chi connectivity index (χ4n) is 2.87. The Morgan fingerprint density at radius 2 is 2.35 bits per heavy atom. The van der Waals surface area contributed by atoms with Crippen molar-refractivity contribution in [2.45, 2.75) is 64.4 Å². The van der Waals surface area contributed by atoms with E-state index in [9.17, 15) is 4.79 Å². The normalized spacial score (nSPS) is 38.6. The Morgan fingerprint density at radius 3 is 3.06 bits per heavy atom. The van der Waals surface area contributed by atoms with E-state index in [1.807, 2.05) is 20.8 Å². The van der Waals surface area contributed by atoms with Gasteiger partial charge in [0.15, 0.2) is 6.29 Å². The van der Waals surface area contributed by atoms with Crippen molar-refractivity contribution in [2.24, 2.45) is 5.92 Å². The number of fused-ring (bicyclic) bond motifs is 4. The lowest BCUT2D eigenvalue weighted by molar-refractivity contribution is -0.221. The maximum absolute atomic E-state index is 11.6. The SMILES string of the molecule is CCOC(C)O[C@@H]1C[C@@H]2CC[C@@]1(C)OC(=O)C2. The van der Waals surface area contributed by atoms with Gasteiger partial charge in [0.2, 0.25) is 0 Å². The van der Waals surface area contributed by atoms with Gasteiger partial charge in [-0.2, -0.15) is 0 Å². The zero-order valence-electron chi connectivity index (χ0n) is 10.9. The van der Waals surface area contributed by atoms with E-state index in [0.29, 0.717) is 18.9 Å². The molecule has 0 aromatic heterocycles. The highest BCUT2D eigenvalue weighted by Gasteiger charge is 2.48. The molecule has 4 heteroatoms. The second kappa shape index (κ2) is 4.94. The van der Waals surface area contributed by atoms with Gasteiger partial charge >= 0.3 is 5.97 Å². The van der Waals surface area contributed by atoms with Crippen molar-refractivity contribution < 1.29 is 19.0 Å². The Morgan fingerprint density at radius 1 is 1.59 bits per heavy atom. The van der Waals surface area contributed by atoms with Crippen LogP contribution in [0.1, 0.15) is 46.5 Å². The lowest BCUT2D eigenvalue weighted by Crippen LogP contribution is -2.47. The maximum Gasteiger partial charge on any atom is 0.306 e. The van der Waals surface area contributed by atoms with Crippen LogP contribution in [0.15, 0.2) is 0 Å². The van der Waals surface area contributed by atoms with Crippen LogP contribution < -0.4 is 0 Å². The molecule has 3 fully saturated rings. The highest BCUT2D eigenvalue weighted by molar-refractivity contribution is 5.71. The van der Waals surface area contributed by atoms with E-state index in [0.717, 1.165) is 19.3 Å². The van der Waals surface area contributed by atoms with E-state index < -0.39 is 5.60 Å². The van der Waals surface area contributed by atoms with Gasteiger partial charge in [0.05, 0.1) is 0 Å². The predicted octanol–water partition coefficient (Wildman–Crippen LogP) is 2.26. The Labute approximate surface area is 103 Å². The molecular formula is C13H22O4. The molecule has 2 saturated heterocycles. The average molecular weight is 242 g/mol. The number of hydrogen-bond acceptors (Lipinski definition) is 4. The van der Waals surface area contributed by atoms with Gasteiger partial charge in [-0.3, -0.25) is 4.79 Å². The standard InChI is InChI=1S/C13H22O4/c1-4-15-9(2)16-11-7-10-5-6-13(11,3)17-12(14)8-10/h9-11H,4-8H2,1-3H3/t9?,10-,11+,13+/m0/s1. The molecule has 4 nitrogen and oxygen atoms in total. The van der Waals surface area contributed by atoms with E-state index in [4.69, 9.17) is 14.2 Å². The third-order valence-electron chi connectivity index (χ3n) is 3.84. The van der Waals surface area contributed by atoms with Crippen molar-refractivity contribution >= 4 is 5.97 Å². The van der Waals surface area contributed by atoms with Gasteiger partial charge in [0.25, 0.3) is 0 Å². The van der Waals surface area contributed by atoms with Crippen molar-refractivity contribution in [3.05, 3.63) is 0 Å². The number of hydrogen-bond donors (Lipinski definition) is 0. The van der Waals surface area contributed by atoms with Gasteiger partial charge in [0, 0.05) is 13.0 Å². The molecule has 0 amide bonds. The number of rotatable bonds is 4. The summed E-state index contributed by atoms with van der Waals surface area (Å²) < 4.78 is 16.9. The maximum atomic E-state index is 11.6. The first-order valence-corrected chi connectivity index (χ1v) is 6.52. The number of carbonyl (C=O) groups excluding carboxylic acids is 1. The topological polar surface area (TPSA) is 44.8 Å². The summed E-state index contributed by atoms with van der Waals surface area (Å²) in [5, 5.41) is 0. The molecule has 98 valence electrons. The molecule has 3 aliphatic rings. The molecule has 17 heavy (non-hydrogen) atoms. The molecule has 1 aliphatic carbocycles. The average Bonchev–Trinajstić information content (AvgIpc) is 2.43. The van der Waals surface area contributed by atoms with E-state index in [2.05, 4.69) is 0 Å². The molecule has 0 aromatic carbocycles. The van der Waals surface area contributed by atoms with Crippen molar-refractivity contribution in [1.29, 1.82) is 0 Å². The molecule has 0 N–H and O–H groups in total. The van der Waals surface area contributed by atoms with E-state index in [1.165, 1.54) is 0 Å². The summed E-state index contributed by atoms with van der Waals surface area (Å²) in [5.74, 6) is 0.335. The highest BCUT2D eigenvalue weighted by atomic mass is 16.7. The monoisotopic (exact) mass is 242 g/mol. The third-order valence-corrected chi connectivity index (χ3v) is 3.84. The zero-order chi connectivity index (χ0) is 12.5. The summed E-state index contributed by atoms with van der Waals surface area (Å²) in [6.07, 6.45) is 3.13. The Kier molecular flexibility index (Phi) is 3.73. The predicted molar refractivity (Wildman–Crippen MR) is 62.4 cm³/mol. The molecule has 0 aromatic rings. The fourth-order valence-corrected chi connectivity index (χ4v) is 2.87. The number of ether oxygens (including phenoxy) is 3. The van der Waals surface area contributed by atoms with Crippen molar-refractivity contribution in [2.75, 3.05) is 6.61 Å². The summed E-state index contributed by atoms with van der Waals surface area (Å²) in [4.78, 5) is 11.6. The molecule has 2 aliphatic heterocycles. The molecule has 1 saturated carbocycles. The van der Waals surface area contributed by atoms with Gasteiger partial charge in [0.1, 0.15) is 11.7 Å². The second-order valence-electron chi connectivity index (χ2n) is 5.28. The summed E-state index contributed by atoms with van der Waals surface area (Å²) >= 11 is 0. The van der Waals surface area contributed by atoms with Crippen LogP contribution in [-0.2, 0) is 19.0 Å². The van der Waals surface area contributed by atoms with Gasteiger partial charge in [-0.15, -0.1) is 0 Å². The third kappa shape index (κ3) is 2.80. The van der Waals surface area contributed by atoms with Crippen LogP contribution in [0.3, 0.4) is 0 Å². The minimum atomic E-state index is -0.463. The lowest BCUT2D eigenvalue weighted by atomic mass is 9.77. The first kappa shape index (κ1) is 12.8. The first-order chi connectivity index (χ1) is 8.03. The van der Waals surface area contributed by atoms with Crippen LogP contribution in [-0.4, -0.2) is 30.6 Å². The number of esters is 1. The minimum absolute atomic E-state index is 0.0331. The second-order valence-corrected chi connectivity index (χ2v) is 5.28. The molecule has 2 bridgehead atoms. The smallest absolute Gasteiger partial charge is 0.306 e. The number of carbonyl (C=O) groups is 1.